The summed E-state index contributed by atoms with van der Waals surface area (Å²) in [6.45, 7) is 2.57. The van der Waals surface area contributed by atoms with Crippen LogP contribution in [0.4, 0.5) is 0 Å². The summed E-state index contributed by atoms with van der Waals surface area (Å²) in [5, 5.41) is 14.6. The molecule has 1 aliphatic carbocycles. The molecule has 0 heterocycles. The molecule has 0 aromatic heterocycles. The maximum atomic E-state index is 8.35. The lowest BCUT2D eigenvalue weighted by Crippen LogP contribution is -2.07. The third kappa shape index (κ3) is 13.8. The molecule has 114 valence electrons. The molecule has 0 unspecified atom stereocenters. The molecule has 3 heteroatoms. The second kappa shape index (κ2) is 15.7. The lowest BCUT2D eigenvalue weighted by Gasteiger charge is -2.11. The highest BCUT2D eigenvalue weighted by Crippen LogP contribution is 2.20. The van der Waals surface area contributed by atoms with Gasteiger partial charge in [-0.3, -0.25) is 0 Å². The summed E-state index contributed by atoms with van der Waals surface area (Å²) >= 11 is 0. The van der Waals surface area contributed by atoms with Gasteiger partial charge in [-0.1, -0.05) is 11.6 Å². The van der Waals surface area contributed by atoms with Gasteiger partial charge in [0.2, 0.25) is 0 Å². The highest BCUT2D eigenvalue weighted by atomic mass is 16.2. The molecule has 0 fully saturated rings. The minimum atomic E-state index is 0.337. The Morgan fingerprint density at radius 2 is 1.74 bits per heavy atom. The van der Waals surface area contributed by atoms with Crippen LogP contribution in [-0.2, 0) is 0 Å². The van der Waals surface area contributed by atoms with Crippen molar-refractivity contribution in [3.63, 3.8) is 0 Å². The van der Waals surface area contributed by atoms with E-state index in [4.69, 9.17) is 5.11 Å². The summed E-state index contributed by atoms with van der Waals surface area (Å²) in [4.78, 5) is 0. The molecule has 0 radical (unpaired) electrons. The van der Waals surface area contributed by atoms with Crippen molar-refractivity contribution in [1.29, 1.82) is 0 Å². The minimum absolute atomic E-state index is 0.337. The van der Waals surface area contributed by atoms with E-state index >= 15 is 0 Å². The van der Waals surface area contributed by atoms with E-state index in [1.807, 2.05) is 14.1 Å². The Bertz CT molecular complexity index is 199. The van der Waals surface area contributed by atoms with Crippen LogP contribution in [0.5, 0.6) is 0 Å². The quantitative estimate of drug-likeness (QED) is 0.446. The summed E-state index contributed by atoms with van der Waals surface area (Å²) in [7, 11) is 3.97. The zero-order chi connectivity index (χ0) is 14.2. The van der Waals surface area contributed by atoms with Crippen LogP contribution in [-0.4, -0.2) is 38.9 Å². The number of hydrogen-bond acceptors (Lipinski definition) is 3. The number of aliphatic hydroxyl groups is 1. The highest BCUT2D eigenvalue weighted by Gasteiger charge is 2.01. The zero-order valence-corrected chi connectivity index (χ0v) is 13.0. The van der Waals surface area contributed by atoms with E-state index in [9.17, 15) is 0 Å². The summed E-state index contributed by atoms with van der Waals surface area (Å²) in [6.07, 6.45) is 13.9. The first-order chi connectivity index (χ1) is 9.35. The summed E-state index contributed by atoms with van der Waals surface area (Å²) in [6, 6.07) is 0. The molecule has 0 atom stereocenters. The first kappa shape index (κ1) is 18.6. The fourth-order valence-corrected chi connectivity index (χ4v) is 2.21. The lowest BCUT2D eigenvalue weighted by molar-refractivity contribution is 0.283. The maximum Gasteiger partial charge on any atom is 0.0431 e. The molecule has 0 aromatic carbocycles. The summed E-state index contributed by atoms with van der Waals surface area (Å²) in [5.41, 5.74) is 1.70. The van der Waals surface area contributed by atoms with Crippen LogP contribution >= 0.6 is 0 Å². The highest BCUT2D eigenvalue weighted by molar-refractivity contribution is 5.04. The molecule has 1 rings (SSSR count). The molecule has 0 amide bonds. The van der Waals surface area contributed by atoms with Crippen LogP contribution in [0.25, 0.3) is 0 Å². The Kier molecular flexibility index (Phi) is 15.4. The van der Waals surface area contributed by atoms with Gasteiger partial charge in [-0.05, 0) is 85.0 Å². The molecular formula is C16H34N2O. The first-order valence-corrected chi connectivity index (χ1v) is 7.93. The van der Waals surface area contributed by atoms with E-state index in [1.165, 1.54) is 44.9 Å². The number of unbranched alkanes of at least 4 members (excludes halogenated alkanes) is 2. The van der Waals surface area contributed by atoms with Gasteiger partial charge in [-0.15, -0.1) is 0 Å². The number of nitrogens with one attached hydrogen (secondary N) is 2. The Morgan fingerprint density at radius 1 is 1.00 bits per heavy atom. The van der Waals surface area contributed by atoms with Gasteiger partial charge in [0.05, 0.1) is 0 Å². The number of rotatable bonds is 9. The molecule has 19 heavy (non-hydrogen) atoms. The monoisotopic (exact) mass is 270 g/mol. The third-order valence-electron chi connectivity index (χ3n) is 3.39. The average molecular weight is 270 g/mol. The number of hydrogen-bond donors (Lipinski definition) is 3. The van der Waals surface area contributed by atoms with Gasteiger partial charge in [0.25, 0.3) is 0 Å². The van der Waals surface area contributed by atoms with Crippen molar-refractivity contribution in [1.82, 2.24) is 10.6 Å². The average Bonchev–Trinajstić information content (AvgIpc) is 2.46. The lowest BCUT2D eigenvalue weighted by atomic mass is 9.96. The SMILES string of the molecule is CNCCCC1=CCCCC1.CNCCCCCO. The van der Waals surface area contributed by atoms with Gasteiger partial charge in [0.15, 0.2) is 0 Å². The third-order valence-corrected chi connectivity index (χ3v) is 3.39. The van der Waals surface area contributed by atoms with Gasteiger partial charge < -0.3 is 15.7 Å². The van der Waals surface area contributed by atoms with Gasteiger partial charge in [-0.25, -0.2) is 0 Å². The van der Waals surface area contributed by atoms with Gasteiger partial charge >= 0.3 is 0 Å². The molecule has 0 spiro atoms. The predicted molar refractivity (Wildman–Crippen MR) is 84.6 cm³/mol. The van der Waals surface area contributed by atoms with E-state index < -0.39 is 0 Å². The standard InChI is InChI=1S/C10H19N.C6H15NO/c1-11-9-5-8-10-6-3-2-4-7-10;1-7-5-3-2-4-6-8/h6,11H,2-5,7-9H2,1H3;7-8H,2-6H2,1H3. The van der Waals surface area contributed by atoms with E-state index in [1.54, 1.807) is 5.57 Å². The van der Waals surface area contributed by atoms with Gasteiger partial charge in [0.1, 0.15) is 0 Å². The Labute approximate surface area is 119 Å². The maximum absolute atomic E-state index is 8.35. The summed E-state index contributed by atoms with van der Waals surface area (Å²) < 4.78 is 0. The van der Waals surface area contributed by atoms with Crippen molar-refractivity contribution in [3.8, 4) is 0 Å². The van der Waals surface area contributed by atoms with Crippen LogP contribution in [0.3, 0.4) is 0 Å². The van der Waals surface area contributed by atoms with Crippen LogP contribution in [0.1, 0.15) is 57.8 Å². The Balaban J connectivity index is 0.000000362. The minimum Gasteiger partial charge on any atom is -0.396 e. The van der Waals surface area contributed by atoms with Gasteiger partial charge in [0, 0.05) is 6.61 Å². The largest absolute Gasteiger partial charge is 0.396 e. The van der Waals surface area contributed by atoms with E-state index in [0.717, 1.165) is 25.9 Å². The van der Waals surface area contributed by atoms with Crippen LogP contribution < -0.4 is 10.6 Å². The van der Waals surface area contributed by atoms with E-state index in [-0.39, 0.29) is 0 Å². The normalized spacial score (nSPS) is 14.6. The predicted octanol–water partition coefficient (Wildman–Crippen LogP) is 2.85. The molecule has 0 bridgehead atoms. The molecular weight excluding hydrogens is 236 g/mol. The van der Waals surface area contributed by atoms with Crippen molar-refractivity contribution in [2.24, 2.45) is 0 Å². The zero-order valence-electron chi connectivity index (χ0n) is 13.0. The smallest absolute Gasteiger partial charge is 0.0431 e. The van der Waals surface area contributed by atoms with Crippen molar-refractivity contribution < 1.29 is 5.11 Å². The Hall–Kier alpha value is -0.380. The summed E-state index contributed by atoms with van der Waals surface area (Å²) in [5.74, 6) is 0. The van der Waals surface area contributed by atoms with E-state index in [2.05, 4.69) is 16.7 Å². The Morgan fingerprint density at radius 3 is 2.32 bits per heavy atom. The van der Waals surface area contributed by atoms with Crippen LogP contribution in [0.15, 0.2) is 11.6 Å². The molecule has 0 aromatic rings. The molecule has 0 aliphatic heterocycles. The fourth-order valence-electron chi connectivity index (χ4n) is 2.21. The first-order valence-electron chi connectivity index (χ1n) is 7.93. The molecule has 0 saturated carbocycles. The fraction of sp³-hybridized carbons (Fsp3) is 0.875. The van der Waals surface area contributed by atoms with E-state index in [0.29, 0.717) is 6.61 Å². The molecule has 3 N–H and O–H groups in total. The van der Waals surface area contributed by atoms with Crippen molar-refractivity contribution in [3.05, 3.63) is 11.6 Å². The number of allylic oxidation sites excluding steroid dienone is 2. The second-order valence-electron chi connectivity index (χ2n) is 5.20. The topological polar surface area (TPSA) is 44.3 Å². The molecule has 0 saturated heterocycles. The van der Waals surface area contributed by atoms with Crippen molar-refractivity contribution in [2.45, 2.75) is 57.8 Å². The molecule has 1 aliphatic rings. The number of aliphatic hydroxyl groups excluding tert-OH is 1. The van der Waals surface area contributed by atoms with Crippen LogP contribution in [0.2, 0.25) is 0 Å². The van der Waals surface area contributed by atoms with Crippen molar-refractivity contribution in [2.75, 3.05) is 33.8 Å². The van der Waals surface area contributed by atoms with Crippen molar-refractivity contribution >= 4 is 0 Å². The van der Waals surface area contributed by atoms with Crippen LogP contribution in [0, 0.1) is 0 Å². The second-order valence-corrected chi connectivity index (χ2v) is 5.20. The van der Waals surface area contributed by atoms with Gasteiger partial charge in [-0.2, -0.15) is 0 Å². The molecule has 3 nitrogen and oxygen atoms in total.